The molecule has 0 bridgehead atoms. The highest BCUT2D eigenvalue weighted by Crippen LogP contribution is 2.33. The van der Waals surface area contributed by atoms with Crippen LogP contribution in [-0.2, 0) is 4.74 Å². The Bertz CT molecular complexity index is 440. The third kappa shape index (κ3) is 3.00. The second-order valence-electron chi connectivity index (χ2n) is 5.18. The van der Waals surface area contributed by atoms with E-state index in [9.17, 15) is 4.79 Å². The smallest absolute Gasteiger partial charge is 0.270 e. The van der Waals surface area contributed by atoms with E-state index in [0.717, 1.165) is 38.5 Å². The molecule has 2 fully saturated rings. The minimum Gasteiger partial charge on any atom is -0.379 e. The lowest BCUT2D eigenvalue weighted by Gasteiger charge is -2.43. The van der Waals surface area contributed by atoms with Crippen molar-refractivity contribution < 1.29 is 9.53 Å². The molecular weight excluding hydrogens is 294 g/mol. The van der Waals surface area contributed by atoms with Crippen LogP contribution in [0.1, 0.15) is 16.9 Å². The molecule has 2 saturated heterocycles. The van der Waals surface area contributed by atoms with Crippen molar-refractivity contribution in [2.24, 2.45) is 0 Å². The fraction of sp³-hybridized carbons (Fsp3) is 0.692. The molecule has 0 aliphatic carbocycles. The Morgan fingerprint density at radius 2 is 2.35 bits per heavy atom. The Morgan fingerprint density at radius 1 is 1.50 bits per heavy atom. The number of ether oxygens (including phenoxy) is 1. The summed E-state index contributed by atoms with van der Waals surface area (Å²) >= 11 is 3.43. The van der Waals surface area contributed by atoms with E-state index in [0.29, 0.717) is 12.2 Å². The van der Waals surface area contributed by atoms with Gasteiger partial charge in [0.1, 0.15) is 5.69 Å². The van der Waals surface area contributed by atoms with Crippen molar-refractivity contribution in [3.05, 3.63) is 16.6 Å². The Hall–Kier alpha value is -0.630. The zero-order valence-corrected chi connectivity index (χ0v) is 13.0. The van der Waals surface area contributed by atoms with Crippen LogP contribution in [0.5, 0.6) is 0 Å². The predicted molar refractivity (Wildman–Crippen MR) is 81.5 cm³/mol. The molecule has 1 amide bonds. The number of hydrogen-bond donors (Lipinski definition) is 1. The fourth-order valence-electron chi connectivity index (χ4n) is 2.79. The molecule has 1 N–H and O–H groups in total. The standard InChI is InChI=1S/C13H19N3O2S2/c17-12(11-7-20-10-15-11)14-8-13(1-6-19-9-13)16-2-4-18-5-3-16/h7,10H,1-6,8-9H2,(H,14,17)/t13-/m0/s1. The number of rotatable bonds is 4. The molecule has 2 aliphatic heterocycles. The number of hydrogen-bond acceptors (Lipinski definition) is 6. The van der Waals surface area contributed by atoms with Crippen molar-refractivity contribution in [2.45, 2.75) is 12.0 Å². The van der Waals surface area contributed by atoms with Crippen molar-refractivity contribution in [2.75, 3.05) is 44.4 Å². The summed E-state index contributed by atoms with van der Waals surface area (Å²) in [5.41, 5.74) is 2.32. The molecule has 1 aromatic rings. The van der Waals surface area contributed by atoms with Gasteiger partial charge >= 0.3 is 0 Å². The van der Waals surface area contributed by atoms with Crippen LogP contribution >= 0.6 is 23.1 Å². The first-order valence-electron chi connectivity index (χ1n) is 6.87. The lowest BCUT2D eigenvalue weighted by atomic mass is 9.95. The van der Waals surface area contributed by atoms with E-state index in [1.54, 1.807) is 10.9 Å². The van der Waals surface area contributed by atoms with Gasteiger partial charge in [0.15, 0.2) is 0 Å². The minimum atomic E-state index is -0.0595. The first-order valence-corrected chi connectivity index (χ1v) is 8.97. The summed E-state index contributed by atoms with van der Waals surface area (Å²) in [6.07, 6.45) is 1.13. The van der Waals surface area contributed by atoms with E-state index in [2.05, 4.69) is 15.2 Å². The maximum atomic E-state index is 12.1. The summed E-state index contributed by atoms with van der Waals surface area (Å²) in [5, 5.41) is 4.87. The number of nitrogens with zero attached hydrogens (tertiary/aromatic N) is 2. The van der Waals surface area contributed by atoms with Crippen LogP contribution in [0, 0.1) is 0 Å². The van der Waals surface area contributed by atoms with E-state index in [1.807, 2.05) is 11.8 Å². The minimum absolute atomic E-state index is 0.0595. The van der Waals surface area contributed by atoms with Gasteiger partial charge in [-0.25, -0.2) is 4.98 Å². The van der Waals surface area contributed by atoms with Crippen LogP contribution in [0.3, 0.4) is 0 Å². The normalized spacial score (nSPS) is 27.6. The maximum absolute atomic E-state index is 12.1. The first kappa shape index (κ1) is 14.3. The predicted octanol–water partition coefficient (Wildman–Crippen LogP) is 1.08. The molecule has 3 rings (SSSR count). The van der Waals surface area contributed by atoms with E-state index in [-0.39, 0.29) is 11.4 Å². The molecular formula is C13H19N3O2S2. The lowest BCUT2D eigenvalue weighted by Crippen LogP contribution is -2.59. The molecule has 0 aromatic carbocycles. The molecule has 110 valence electrons. The van der Waals surface area contributed by atoms with E-state index < -0.39 is 0 Å². The average molecular weight is 313 g/mol. The van der Waals surface area contributed by atoms with Crippen LogP contribution in [0.4, 0.5) is 0 Å². The number of nitrogens with one attached hydrogen (secondary N) is 1. The second-order valence-corrected chi connectivity index (χ2v) is 7.01. The highest BCUT2D eigenvalue weighted by Gasteiger charge is 2.40. The van der Waals surface area contributed by atoms with E-state index in [4.69, 9.17) is 4.74 Å². The molecule has 1 atom stereocenters. The topological polar surface area (TPSA) is 54.5 Å². The number of aromatic nitrogens is 1. The zero-order chi connectivity index (χ0) is 13.8. The van der Waals surface area contributed by atoms with Crippen LogP contribution in [0.2, 0.25) is 0 Å². The molecule has 0 spiro atoms. The molecule has 5 nitrogen and oxygen atoms in total. The summed E-state index contributed by atoms with van der Waals surface area (Å²) < 4.78 is 5.44. The Balaban J connectivity index is 1.63. The van der Waals surface area contributed by atoms with Crippen molar-refractivity contribution in [1.29, 1.82) is 0 Å². The van der Waals surface area contributed by atoms with Crippen LogP contribution in [0.15, 0.2) is 10.9 Å². The number of morpholine rings is 1. The Labute approximate surface area is 127 Å². The highest BCUT2D eigenvalue weighted by molar-refractivity contribution is 7.99. The third-order valence-corrected chi connectivity index (χ3v) is 5.83. The summed E-state index contributed by atoms with van der Waals surface area (Å²) in [4.78, 5) is 18.6. The van der Waals surface area contributed by atoms with Crippen molar-refractivity contribution in [3.8, 4) is 0 Å². The van der Waals surface area contributed by atoms with Gasteiger partial charge in [0, 0.05) is 36.3 Å². The largest absolute Gasteiger partial charge is 0.379 e. The van der Waals surface area contributed by atoms with Gasteiger partial charge in [0.2, 0.25) is 0 Å². The number of thiazole rings is 1. The number of carbonyl (C=O) groups is 1. The summed E-state index contributed by atoms with van der Waals surface area (Å²) in [6.45, 7) is 4.23. The molecule has 1 aromatic heterocycles. The van der Waals surface area contributed by atoms with Crippen molar-refractivity contribution in [1.82, 2.24) is 15.2 Å². The Kier molecular flexibility index (Phi) is 4.60. The second kappa shape index (κ2) is 6.43. The highest BCUT2D eigenvalue weighted by atomic mass is 32.2. The average Bonchev–Trinajstić information content (AvgIpc) is 3.18. The monoisotopic (exact) mass is 313 g/mol. The van der Waals surface area contributed by atoms with Gasteiger partial charge in [0.05, 0.1) is 18.7 Å². The van der Waals surface area contributed by atoms with Gasteiger partial charge < -0.3 is 10.1 Å². The fourth-order valence-corrected chi connectivity index (χ4v) is 4.80. The molecule has 0 saturated carbocycles. The van der Waals surface area contributed by atoms with E-state index >= 15 is 0 Å². The summed E-state index contributed by atoms with van der Waals surface area (Å²) in [7, 11) is 0. The number of thioether (sulfide) groups is 1. The maximum Gasteiger partial charge on any atom is 0.270 e. The van der Waals surface area contributed by atoms with Crippen molar-refractivity contribution >= 4 is 29.0 Å². The molecule has 0 radical (unpaired) electrons. The quantitative estimate of drug-likeness (QED) is 0.901. The zero-order valence-electron chi connectivity index (χ0n) is 11.3. The summed E-state index contributed by atoms with van der Waals surface area (Å²) in [6, 6.07) is 0. The van der Waals surface area contributed by atoms with Crippen LogP contribution in [-0.4, -0.2) is 65.7 Å². The number of amides is 1. The van der Waals surface area contributed by atoms with Gasteiger partial charge in [-0.3, -0.25) is 9.69 Å². The SMILES string of the molecule is O=C(NC[C@@]1(N2CCOCC2)CCSC1)c1cscn1. The molecule has 2 aliphatic rings. The van der Waals surface area contributed by atoms with Gasteiger partial charge in [0.25, 0.3) is 5.91 Å². The van der Waals surface area contributed by atoms with E-state index in [1.165, 1.54) is 17.1 Å². The van der Waals surface area contributed by atoms with Gasteiger partial charge in [-0.2, -0.15) is 11.8 Å². The van der Waals surface area contributed by atoms with Gasteiger partial charge in [-0.05, 0) is 12.2 Å². The first-order chi connectivity index (χ1) is 9.80. The number of carbonyl (C=O) groups excluding carboxylic acids is 1. The lowest BCUT2D eigenvalue weighted by molar-refractivity contribution is -0.0129. The molecule has 20 heavy (non-hydrogen) atoms. The van der Waals surface area contributed by atoms with Gasteiger partial charge in [-0.15, -0.1) is 11.3 Å². The molecule has 7 heteroatoms. The molecule has 3 heterocycles. The van der Waals surface area contributed by atoms with Crippen LogP contribution < -0.4 is 5.32 Å². The molecule has 0 unspecified atom stereocenters. The summed E-state index contributed by atoms with van der Waals surface area (Å²) in [5.74, 6) is 2.20. The Morgan fingerprint density at radius 3 is 3.00 bits per heavy atom. The van der Waals surface area contributed by atoms with Crippen molar-refractivity contribution in [3.63, 3.8) is 0 Å². The third-order valence-electron chi connectivity index (χ3n) is 4.01. The van der Waals surface area contributed by atoms with Gasteiger partial charge in [-0.1, -0.05) is 0 Å². The van der Waals surface area contributed by atoms with Crippen LogP contribution in [0.25, 0.3) is 0 Å².